The predicted octanol–water partition coefficient (Wildman–Crippen LogP) is 19.7. The Morgan fingerprint density at radius 1 is 0.280 bits per heavy atom. The average molecular weight is 998 g/mol. The van der Waals surface area contributed by atoms with Gasteiger partial charge >= 0.3 is 0 Å². The molecule has 10 aromatic carbocycles. The molecule has 4 heteroatoms. The molecule has 0 saturated heterocycles. The van der Waals surface area contributed by atoms with Crippen molar-refractivity contribution in [3.63, 3.8) is 0 Å². The summed E-state index contributed by atoms with van der Waals surface area (Å²) < 4.78 is 60.6. The number of aryl methyl sites for hydroxylation is 10. The molecule has 0 aliphatic carbocycles. The molecule has 0 radical (unpaired) electrons. The molecule has 0 heterocycles. The molecule has 10 rings (SSSR count). The molecule has 0 aliphatic rings. The molecule has 0 N–H and O–H groups in total. The number of nitrogens with zero attached hydrogens (tertiary/aromatic N) is 2. The van der Waals surface area contributed by atoms with E-state index >= 15 is 0 Å². The fraction of sp³-hybridized carbons (Fsp3) is 0.155. The lowest BCUT2D eigenvalue weighted by Crippen LogP contribution is -1.73. The van der Waals surface area contributed by atoms with Crippen LogP contribution in [0.25, 0.3) is 10.8 Å². The van der Waals surface area contributed by atoms with E-state index in [1.165, 1.54) is 80.9 Å². The summed E-state index contributed by atoms with van der Waals surface area (Å²) in [5, 5.41) is 19.4. The largest absolute Gasteiger partial charge is 0.207 e. The van der Waals surface area contributed by atoms with E-state index in [1.54, 1.807) is 24.3 Å². The summed E-state index contributed by atoms with van der Waals surface area (Å²) in [7, 11) is 0. The molecule has 10 aromatic rings. The second-order valence-electron chi connectivity index (χ2n) is 17.6. The SMILES string of the molecule is Cc1ccc(C#N)cc1.Cc1ccc(C)cc1.Cc1ccc(F)cc1.Cc1ccc2ccccc2c1.Cc1cccc(C#N)c1.Cc1cccc(C)c1.Cc1cccc(F)c1.Cc1ccccc1.[2H]c1c([2H])c([2H])c(C)c([2H])c1[2H]. The zero-order valence-electron chi connectivity index (χ0n) is 50.4. The van der Waals surface area contributed by atoms with Crippen molar-refractivity contribution in [1.82, 2.24) is 0 Å². The van der Waals surface area contributed by atoms with Crippen molar-refractivity contribution in [1.29, 1.82) is 10.5 Å². The van der Waals surface area contributed by atoms with E-state index in [-0.39, 0.29) is 41.8 Å². The van der Waals surface area contributed by atoms with Crippen molar-refractivity contribution in [3.05, 3.63) is 333 Å². The fourth-order valence-electron chi connectivity index (χ4n) is 6.08. The Balaban J connectivity index is 0.000000309. The summed E-state index contributed by atoms with van der Waals surface area (Å²) in [6.07, 6.45) is 0. The van der Waals surface area contributed by atoms with Gasteiger partial charge in [-0.15, -0.1) is 0 Å². The number of halogens is 2. The maximum absolute atomic E-state index is 12.2. The number of hydrogen-bond acceptors (Lipinski definition) is 2. The second kappa shape index (κ2) is 37.1. The van der Waals surface area contributed by atoms with Gasteiger partial charge in [0.15, 0.2) is 0 Å². The lowest BCUT2D eigenvalue weighted by molar-refractivity contribution is 0.626. The van der Waals surface area contributed by atoms with Crippen LogP contribution in [0.1, 0.15) is 79.2 Å². The van der Waals surface area contributed by atoms with Gasteiger partial charge in [-0.3, -0.25) is 0 Å². The van der Waals surface area contributed by atoms with Crippen LogP contribution >= 0.6 is 0 Å². The maximum Gasteiger partial charge on any atom is 0.123 e. The van der Waals surface area contributed by atoms with Gasteiger partial charge < -0.3 is 0 Å². The van der Waals surface area contributed by atoms with E-state index < -0.39 is 0 Å². The molecule has 0 saturated carbocycles. The summed E-state index contributed by atoms with van der Waals surface area (Å²) in [5.74, 6) is -0.333. The first-order chi connectivity index (χ1) is 38.0. The smallest absolute Gasteiger partial charge is 0.123 e. The zero-order valence-corrected chi connectivity index (χ0v) is 45.4. The Bertz CT molecular complexity index is 3210. The molecular formula is C71H74F2N2. The molecule has 0 unspecified atom stereocenters. The molecule has 2 nitrogen and oxygen atoms in total. The average Bonchev–Trinajstić information content (AvgIpc) is 3.50. The molecule has 0 atom stereocenters. The summed E-state index contributed by atoms with van der Waals surface area (Å²) >= 11 is 0. The Morgan fingerprint density at radius 3 is 1.04 bits per heavy atom. The minimum atomic E-state index is -0.337. The summed E-state index contributed by atoms with van der Waals surface area (Å²) in [6.45, 7) is 21.9. The molecule has 0 bridgehead atoms. The van der Waals surface area contributed by atoms with Crippen LogP contribution in [0.5, 0.6) is 0 Å². The highest BCUT2D eigenvalue weighted by atomic mass is 19.1. The number of benzene rings is 10. The van der Waals surface area contributed by atoms with Crippen LogP contribution in [0.4, 0.5) is 8.78 Å². The predicted molar refractivity (Wildman–Crippen MR) is 317 cm³/mol. The van der Waals surface area contributed by atoms with E-state index in [9.17, 15) is 8.78 Å². The van der Waals surface area contributed by atoms with Gasteiger partial charge in [0.1, 0.15) is 11.6 Å². The van der Waals surface area contributed by atoms with E-state index in [2.05, 4.69) is 157 Å². The third-order valence-corrected chi connectivity index (χ3v) is 10.2. The first-order valence-corrected chi connectivity index (χ1v) is 24.5. The second-order valence-corrected chi connectivity index (χ2v) is 17.6. The highest BCUT2D eigenvalue weighted by Gasteiger charge is 1.91. The lowest BCUT2D eigenvalue weighted by atomic mass is 10.1. The van der Waals surface area contributed by atoms with Crippen LogP contribution in [0.2, 0.25) is 0 Å². The van der Waals surface area contributed by atoms with Gasteiger partial charge in [-0.05, 0) is 147 Å². The first-order valence-electron chi connectivity index (χ1n) is 27.0. The minimum Gasteiger partial charge on any atom is -0.207 e. The van der Waals surface area contributed by atoms with Gasteiger partial charge in [0.25, 0.3) is 0 Å². The van der Waals surface area contributed by atoms with Crippen LogP contribution in [-0.4, -0.2) is 0 Å². The van der Waals surface area contributed by atoms with E-state index in [1.807, 2.05) is 94.4 Å². The summed E-state index contributed by atoms with van der Waals surface area (Å²) in [5.41, 5.74) is 14.1. The van der Waals surface area contributed by atoms with Crippen molar-refractivity contribution >= 4 is 10.8 Å². The number of rotatable bonds is 0. The highest BCUT2D eigenvalue weighted by molar-refractivity contribution is 5.82. The molecule has 382 valence electrons. The van der Waals surface area contributed by atoms with Crippen LogP contribution in [-0.2, 0) is 0 Å². The molecular weight excluding hydrogens is 919 g/mol. The van der Waals surface area contributed by atoms with E-state index in [0.717, 1.165) is 27.8 Å². The van der Waals surface area contributed by atoms with E-state index in [4.69, 9.17) is 17.4 Å². The van der Waals surface area contributed by atoms with Crippen LogP contribution in [0, 0.1) is 110 Å². The third-order valence-electron chi connectivity index (χ3n) is 10.2. The van der Waals surface area contributed by atoms with E-state index in [0.29, 0.717) is 5.56 Å². The van der Waals surface area contributed by atoms with Gasteiger partial charge in [0.2, 0.25) is 0 Å². The van der Waals surface area contributed by atoms with Crippen molar-refractivity contribution in [2.45, 2.75) is 76.2 Å². The monoisotopic (exact) mass is 998 g/mol. The quantitative estimate of drug-likeness (QED) is 0.152. The van der Waals surface area contributed by atoms with Gasteiger partial charge in [-0.2, -0.15) is 10.5 Å². The highest BCUT2D eigenvalue weighted by Crippen LogP contribution is 2.14. The van der Waals surface area contributed by atoms with Gasteiger partial charge in [-0.25, -0.2) is 8.78 Å². The van der Waals surface area contributed by atoms with Gasteiger partial charge in [0, 0.05) is 0 Å². The standard InChI is InChI=1S/C11H10.2C8H7N.2C8H10.2C7H7F.2C7H8/c1-9-6-7-10-4-2-3-5-11(10)8-9;1-7-2-4-8(6-9)5-3-7;1-7-3-2-4-8(5-7)6-9;1-7-3-5-8(2)6-4-7;1-7-4-3-5-8(2)6-7;1-6-2-4-7(8)5-3-6;1-6-3-2-4-7(8)5-6;2*1-7-5-3-2-4-6-7/h2-8H,1H3;2*2-5H,1H3;2*3-6H,1-2H3;2*2-5H,1H3;2*2-6H,1H3/i;;;;;;;2D,3D,4D,5D,6D;. The summed E-state index contributed by atoms with van der Waals surface area (Å²) in [4.78, 5) is 0. The van der Waals surface area contributed by atoms with Crippen LogP contribution < -0.4 is 0 Å². The Morgan fingerprint density at radius 2 is 0.653 bits per heavy atom. The molecule has 0 spiro atoms. The zero-order chi connectivity index (χ0) is 59.6. The number of fused-ring (bicyclic) bond motifs is 1. The fourth-order valence-corrected chi connectivity index (χ4v) is 6.08. The molecule has 75 heavy (non-hydrogen) atoms. The number of hydrogen-bond donors (Lipinski definition) is 0. The maximum atomic E-state index is 12.2. The lowest BCUT2D eigenvalue weighted by Gasteiger charge is -1.96. The number of nitriles is 2. The molecule has 0 fully saturated rings. The Kier molecular flexibility index (Phi) is 26.8. The van der Waals surface area contributed by atoms with Crippen molar-refractivity contribution in [3.8, 4) is 12.1 Å². The van der Waals surface area contributed by atoms with Crippen LogP contribution in [0.3, 0.4) is 0 Å². The first kappa shape index (κ1) is 54.1. The van der Waals surface area contributed by atoms with Crippen molar-refractivity contribution in [2.75, 3.05) is 0 Å². The molecule has 0 amide bonds. The van der Waals surface area contributed by atoms with Gasteiger partial charge in [0.05, 0.1) is 30.1 Å². The van der Waals surface area contributed by atoms with Crippen molar-refractivity contribution in [2.24, 2.45) is 0 Å². The Labute approximate surface area is 456 Å². The minimum absolute atomic E-state index is 0.124. The van der Waals surface area contributed by atoms with Gasteiger partial charge in [-0.1, -0.05) is 250 Å². The summed E-state index contributed by atoms with van der Waals surface area (Å²) in [6, 6.07) is 73.0. The molecule has 0 aromatic heterocycles. The Hall–Kier alpha value is -8.70. The van der Waals surface area contributed by atoms with Crippen molar-refractivity contribution < 1.29 is 15.6 Å². The molecule has 0 aliphatic heterocycles. The topological polar surface area (TPSA) is 47.6 Å². The third kappa shape index (κ3) is 31.4. The normalized spacial score (nSPS) is 10.0. The van der Waals surface area contributed by atoms with Crippen LogP contribution in [0.15, 0.2) is 249 Å².